The Hall–Kier alpha value is -1.52. The number of hydrogen-bond donors (Lipinski definition) is 2. The van der Waals surface area contributed by atoms with Crippen molar-refractivity contribution in [3.05, 3.63) is 11.3 Å². The predicted molar refractivity (Wildman–Crippen MR) is 46.1 cm³/mol. The fourth-order valence-electron chi connectivity index (χ4n) is 0.929. The summed E-state index contributed by atoms with van der Waals surface area (Å²) in [5.74, 6) is -0.643. The first-order valence-corrected chi connectivity index (χ1v) is 4.07. The fraction of sp³-hybridized carbons (Fsp3) is 0.500. The van der Waals surface area contributed by atoms with E-state index in [9.17, 15) is 4.79 Å². The summed E-state index contributed by atoms with van der Waals surface area (Å²) >= 11 is 0. The van der Waals surface area contributed by atoms with Gasteiger partial charge >= 0.3 is 5.97 Å². The van der Waals surface area contributed by atoms with Crippen LogP contribution in [0.25, 0.3) is 0 Å². The van der Waals surface area contributed by atoms with Crippen molar-refractivity contribution >= 4 is 5.97 Å². The van der Waals surface area contributed by atoms with Gasteiger partial charge < -0.3 is 9.84 Å². The normalized spacial score (nSPS) is 10.0. The maximum absolute atomic E-state index is 10.6. The van der Waals surface area contributed by atoms with Crippen LogP contribution in [0.5, 0.6) is 5.88 Å². The van der Waals surface area contributed by atoms with Crippen molar-refractivity contribution in [2.45, 2.75) is 20.3 Å². The van der Waals surface area contributed by atoms with E-state index < -0.39 is 5.97 Å². The number of hydrogen-bond acceptors (Lipinski definition) is 3. The molecule has 0 aliphatic rings. The molecule has 2 N–H and O–H groups in total. The van der Waals surface area contributed by atoms with Crippen LogP contribution < -0.4 is 4.74 Å². The highest BCUT2D eigenvalue weighted by molar-refractivity contribution is 5.87. The molecular weight excluding hydrogens is 172 g/mol. The maximum atomic E-state index is 10.6. The molecule has 0 aromatic carbocycles. The molecule has 0 fully saturated rings. The van der Waals surface area contributed by atoms with Gasteiger partial charge in [0.2, 0.25) is 5.88 Å². The number of H-pyrrole nitrogens is 1. The zero-order valence-electron chi connectivity index (χ0n) is 7.63. The minimum absolute atomic E-state index is 0.0890. The zero-order chi connectivity index (χ0) is 9.84. The van der Waals surface area contributed by atoms with E-state index in [2.05, 4.69) is 10.2 Å². The van der Waals surface area contributed by atoms with Gasteiger partial charge in [0.05, 0.1) is 6.61 Å². The zero-order valence-corrected chi connectivity index (χ0v) is 7.63. The highest BCUT2D eigenvalue weighted by atomic mass is 16.5. The van der Waals surface area contributed by atoms with E-state index in [0.29, 0.717) is 18.1 Å². The second-order valence-electron chi connectivity index (χ2n) is 2.68. The summed E-state index contributed by atoms with van der Waals surface area (Å²) in [7, 11) is 0. The van der Waals surface area contributed by atoms with Crippen molar-refractivity contribution in [3.63, 3.8) is 0 Å². The van der Waals surface area contributed by atoms with Crippen LogP contribution in [-0.4, -0.2) is 27.9 Å². The van der Waals surface area contributed by atoms with Gasteiger partial charge in [-0.05, 0) is 13.3 Å². The fourth-order valence-corrected chi connectivity index (χ4v) is 0.929. The lowest BCUT2D eigenvalue weighted by Gasteiger charge is -1.99. The van der Waals surface area contributed by atoms with Crippen molar-refractivity contribution in [3.8, 4) is 5.88 Å². The van der Waals surface area contributed by atoms with Gasteiger partial charge in [0.15, 0.2) is 0 Å². The van der Waals surface area contributed by atoms with Crippen molar-refractivity contribution in [2.75, 3.05) is 6.61 Å². The molecule has 0 atom stereocenters. The van der Waals surface area contributed by atoms with Crippen LogP contribution in [-0.2, 0) is 0 Å². The van der Waals surface area contributed by atoms with Crippen LogP contribution in [0.3, 0.4) is 0 Å². The summed E-state index contributed by atoms with van der Waals surface area (Å²) in [6.45, 7) is 4.18. The van der Waals surface area contributed by atoms with E-state index >= 15 is 0 Å². The number of carboxylic acids is 1. The number of carboxylic acid groups (broad SMARTS) is 1. The summed E-state index contributed by atoms with van der Waals surface area (Å²) in [6.07, 6.45) is 0.870. The van der Waals surface area contributed by atoms with Gasteiger partial charge in [-0.25, -0.2) is 4.79 Å². The third-order valence-electron chi connectivity index (χ3n) is 1.62. The summed E-state index contributed by atoms with van der Waals surface area (Å²) in [5.41, 5.74) is 0.632. The van der Waals surface area contributed by atoms with Gasteiger partial charge in [0.25, 0.3) is 0 Å². The van der Waals surface area contributed by atoms with Crippen molar-refractivity contribution < 1.29 is 14.6 Å². The lowest BCUT2D eigenvalue weighted by Crippen LogP contribution is -1.99. The third kappa shape index (κ3) is 1.99. The van der Waals surface area contributed by atoms with E-state index in [1.807, 2.05) is 6.92 Å². The Kier molecular flexibility index (Phi) is 2.89. The Bertz CT molecular complexity index is 306. The van der Waals surface area contributed by atoms with Crippen LogP contribution in [0, 0.1) is 6.92 Å². The lowest BCUT2D eigenvalue weighted by atomic mass is 10.3. The first-order valence-electron chi connectivity index (χ1n) is 4.07. The molecule has 5 nitrogen and oxygen atoms in total. The number of nitrogens with zero attached hydrogens (tertiary/aromatic N) is 1. The molecule has 0 spiro atoms. The highest BCUT2D eigenvalue weighted by Crippen LogP contribution is 2.17. The minimum atomic E-state index is -1.02. The minimum Gasteiger partial charge on any atom is -0.477 e. The summed E-state index contributed by atoms with van der Waals surface area (Å²) in [5, 5.41) is 14.8. The van der Waals surface area contributed by atoms with E-state index in [1.54, 1.807) is 6.92 Å². The van der Waals surface area contributed by atoms with Gasteiger partial charge in [-0.15, -0.1) is 5.10 Å². The van der Waals surface area contributed by atoms with Crippen LogP contribution in [0.1, 0.15) is 29.4 Å². The molecule has 5 heteroatoms. The van der Waals surface area contributed by atoms with Gasteiger partial charge in [0.1, 0.15) is 5.69 Å². The molecule has 0 radical (unpaired) electrons. The van der Waals surface area contributed by atoms with E-state index in [0.717, 1.165) is 6.42 Å². The number of aromatic carboxylic acids is 1. The molecule has 13 heavy (non-hydrogen) atoms. The van der Waals surface area contributed by atoms with Gasteiger partial charge in [-0.1, -0.05) is 6.92 Å². The Morgan fingerprint density at radius 1 is 1.69 bits per heavy atom. The molecule has 1 aromatic rings. The van der Waals surface area contributed by atoms with E-state index in [1.165, 1.54) is 0 Å². The van der Waals surface area contributed by atoms with Crippen LogP contribution >= 0.6 is 0 Å². The van der Waals surface area contributed by atoms with Crippen molar-refractivity contribution in [1.82, 2.24) is 10.2 Å². The molecule has 0 unspecified atom stereocenters. The average molecular weight is 184 g/mol. The molecule has 0 amide bonds. The molecule has 0 bridgehead atoms. The maximum Gasteiger partial charge on any atom is 0.354 e. The Labute approximate surface area is 75.7 Å². The molecule has 0 aliphatic heterocycles. The first-order chi connectivity index (χ1) is 6.16. The van der Waals surface area contributed by atoms with Gasteiger partial charge in [-0.2, -0.15) is 0 Å². The quantitative estimate of drug-likeness (QED) is 0.737. The molecule has 0 saturated carbocycles. The third-order valence-corrected chi connectivity index (χ3v) is 1.62. The largest absolute Gasteiger partial charge is 0.477 e. The molecule has 0 aliphatic carbocycles. The number of aromatic amines is 1. The molecule has 1 rings (SSSR count). The highest BCUT2D eigenvalue weighted by Gasteiger charge is 2.14. The monoisotopic (exact) mass is 184 g/mol. The topological polar surface area (TPSA) is 75.2 Å². The Morgan fingerprint density at radius 3 is 2.85 bits per heavy atom. The predicted octanol–water partition coefficient (Wildman–Crippen LogP) is 1.21. The number of rotatable bonds is 4. The smallest absolute Gasteiger partial charge is 0.354 e. The lowest BCUT2D eigenvalue weighted by molar-refractivity contribution is 0.0689. The second kappa shape index (κ2) is 3.93. The molecule has 0 saturated heterocycles. The van der Waals surface area contributed by atoms with Crippen molar-refractivity contribution in [2.24, 2.45) is 0 Å². The van der Waals surface area contributed by atoms with Crippen molar-refractivity contribution in [1.29, 1.82) is 0 Å². The Morgan fingerprint density at radius 2 is 2.38 bits per heavy atom. The average Bonchev–Trinajstić information content (AvgIpc) is 2.43. The summed E-state index contributed by atoms with van der Waals surface area (Å²) < 4.78 is 5.21. The van der Waals surface area contributed by atoms with Crippen LogP contribution in [0.2, 0.25) is 0 Å². The molecular formula is C8H12N2O3. The number of nitrogens with one attached hydrogen (secondary N) is 1. The Balaban J connectivity index is 2.80. The SMILES string of the molecule is CCCOc1n[nH]c(C(=O)O)c1C. The molecule has 1 heterocycles. The second-order valence-corrected chi connectivity index (χ2v) is 2.68. The van der Waals surface area contributed by atoms with Crippen LogP contribution in [0.15, 0.2) is 0 Å². The number of carbonyl (C=O) groups is 1. The van der Waals surface area contributed by atoms with E-state index in [4.69, 9.17) is 9.84 Å². The van der Waals surface area contributed by atoms with E-state index in [-0.39, 0.29) is 5.69 Å². The summed E-state index contributed by atoms with van der Waals surface area (Å²) in [4.78, 5) is 10.6. The summed E-state index contributed by atoms with van der Waals surface area (Å²) in [6, 6.07) is 0. The standard InChI is InChI=1S/C8H12N2O3/c1-3-4-13-7-5(2)6(8(11)12)9-10-7/h3-4H2,1-2H3,(H,9,10)(H,11,12). The van der Waals surface area contributed by atoms with Gasteiger partial charge in [-0.3, -0.25) is 5.10 Å². The number of aromatic nitrogens is 2. The number of ether oxygens (including phenoxy) is 1. The van der Waals surface area contributed by atoms with Crippen LogP contribution in [0.4, 0.5) is 0 Å². The molecule has 72 valence electrons. The first kappa shape index (κ1) is 9.57. The molecule has 1 aromatic heterocycles. The van der Waals surface area contributed by atoms with Gasteiger partial charge in [0, 0.05) is 5.56 Å².